The first-order chi connectivity index (χ1) is 9.11. The maximum Gasteiger partial charge on any atom is 0.0942 e. The summed E-state index contributed by atoms with van der Waals surface area (Å²) < 4.78 is 11.5. The van der Waals surface area contributed by atoms with Crippen molar-refractivity contribution in [1.82, 2.24) is 5.32 Å². The van der Waals surface area contributed by atoms with E-state index in [0.29, 0.717) is 12.0 Å². The monoisotopic (exact) mass is 267 g/mol. The van der Waals surface area contributed by atoms with Crippen molar-refractivity contribution in [2.24, 2.45) is 5.92 Å². The van der Waals surface area contributed by atoms with Gasteiger partial charge >= 0.3 is 0 Å². The second-order valence-electron chi connectivity index (χ2n) is 6.37. The minimum Gasteiger partial charge on any atom is -0.378 e. The number of hydrogen-bond donors (Lipinski definition) is 1. The molecule has 2 rings (SSSR count). The van der Waals surface area contributed by atoms with E-state index < -0.39 is 0 Å². The third kappa shape index (κ3) is 4.30. The molecule has 0 aromatic rings. The molecule has 0 amide bonds. The summed E-state index contributed by atoms with van der Waals surface area (Å²) in [6.07, 6.45) is 6.93. The lowest BCUT2D eigenvalue weighted by Gasteiger charge is -2.37. The predicted octanol–water partition coefficient (Wildman–Crippen LogP) is 2.91. The summed E-state index contributed by atoms with van der Waals surface area (Å²) in [5, 5.41) is 3.46. The fraction of sp³-hybridized carbons (Fsp3) is 0.875. The minimum atomic E-state index is 0.0359. The van der Waals surface area contributed by atoms with Gasteiger partial charge in [0.05, 0.1) is 12.2 Å². The van der Waals surface area contributed by atoms with Gasteiger partial charge in [-0.1, -0.05) is 25.5 Å². The summed E-state index contributed by atoms with van der Waals surface area (Å²) in [6, 6.07) is 0.579. The summed E-state index contributed by atoms with van der Waals surface area (Å²) in [4.78, 5) is 0. The van der Waals surface area contributed by atoms with Gasteiger partial charge in [-0.25, -0.2) is 0 Å². The topological polar surface area (TPSA) is 30.5 Å². The molecule has 0 aromatic carbocycles. The first kappa shape index (κ1) is 15.0. The van der Waals surface area contributed by atoms with Crippen molar-refractivity contribution in [3.63, 3.8) is 0 Å². The second kappa shape index (κ2) is 6.87. The Labute approximate surface area is 117 Å². The first-order valence-electron chi connectivity index (χ1n) is 7.73. The largest absolute Gasteiger partial charge is 0.378 e. The van der Waals surface area contributed by atoms with Crippen LogP contribution >= 0.6 is 0 Å². The SMILES string of the molecule is CC(=CCCNC(C)C)C1CCOC2(CCOC2)C1. The molecule has 0 bridgehead atoms. The van der Waals surface area contributed by atoms with Gasteiger partial charge in [0.15, 0.2) is 0 Å². The molecule has 3 nitrogen and oxygen atoms in total. The standard InChI is InChI=1S/C16H29NO2/c1-13(2)17-8-4-5-14(3)15-6-9-19-16(11-15)7-10-18-12-16/h5,13,15,17H,4,6-12H2,1-3H3. The van der Waals surface area contributed by atoms with Gasteiger partial charge in [-0.2, -0.15) is 0 Å². The molecule has 2 aliphatic heterocycles. The van der Waals surface area contributed by atoms with Gasteiger partial charge in [-0.05, 0) is 38.6 Å². The molecule has 2 aliphatic rings. The fourth-order valence-electron chi connectivity index (χ4n) is 3.12. The highest BCUT2D eigenvalue weighted by molar-refractivity contribution is 5.08. The molecule has 2 saturated heterocycles. The van der Waals surface area contributed by atoms with Crippen molar-refractivity contribution in [2.75, 3.05) is 26.4 Å². The van der Waals surface area contributed by atoms with Crippen LogP contribution in [-0.2, 0) is 9.47 Å². The lowest BCUT2D eigenvalue weighted by molar-refractivity contribution is -0.0925. The van der Waals surface area contributed by atoms with Crippen LogP contribution in [0.1, 0.15) is 46.5 Å². The molecule has 3 heteroatoms. The Balaban J connectivity index is 1.81. The van der Waals surface area contributed by atoms with Gasteiger partial charge in [0.1, 0.15) is 0 Å². The average molecular weight is 267 g/mol. The maximum atomic E-state index is 6.00. The Morgan fingerprint density at radius 1 is 1.42 bits per heavy atom. The van der Waals surface area contributed by atoms with E-state index >= 15 is 0 Å². The molecule has 2 heterocycles. The lowest BCUT2D eigenvalue weighted by Crippen LogP contribution is -2.40. The molecular weight excluding hydrogens is 238 g/mol. The number of allylic oxidation sites excluding steroid dienone is 1. The molecule has 0 aromatic heterocycles. The molecule has 19 heavy (non-hydrogen) atoms. The first-order valence-corrected chi connectivity index (χ1v) is 7.73. The van der Waals surface area contributed by atoms with Crippen LogP contribution in [-0.4, -0.2) is 38.0 Å². The Bertz CT molecular complexity index is 306. The van der Waals surface area contributed by atoms with E-state index in [-0.39, 0.29) is 5.60 Å². The highest BCUT2D eigenvalue weighted by Gasteiger charge is 2.41. The highest BCUT2D eigenvalue weighted by atomic mass is 16.6. The highest BCUT2D eigenvalue weighted by Crippen LogP contribution is 2.38. The number of rotatable bonds is 5. The zero-order valence-corrected chi connectivity index (χ0v) is 12.7. The quantitative estimate of drug-likeness (QED) is 0.614. The molecule has 1 spiro atoms. The second-order valence-corrected chi connectivity index (χ2v) is 6.37. The molecule has 110 valence electrons. The molecule has 2 fully saturated rings. The molecule has 1 N–H and O–H groups in total. The zero-order valence-electron chi connectivity index (χ0n) is 12.7. The van der Waals surface area contributed by atoms with Crippen LogP contribution in [0.2, 0.25) is 0 Å². The third-order valence-corrected chi connectivity index (χ3v) is 4.37. The van der Waals surface area contributed by atoms with E-state index in [9.17, 15) is 0 Å². The van der Waals surface area contributed by atoms with Gasteiger partial charge in [0.2, 0.25) is 0 Å². The Morgan fingerprint density at radius 3 is 2.95 bits per heavy atom. The molecule has 0 aliphatic carbocycles. The van der Waals surface area contributed by atoms with E-state index in [4.69, 9.17) is 9.47 Å². The normalized spacial score (nSPS) is 32.4. The number of hydrogen-bond acceptors (Lipinski definition) is 3. The lowest BCUT2D eigenvalue weighted by atomic mass is 9.81. The predicted molar refractivity (Wildman–Crippen MR) is 78.4 cm³/mol. The molecule has 2 unspecified atom stereocenters. The van der Waals surface area contributed by atoms with Gasteiger partial charge < -0.3 is 14.8 Å². The average Bonchev–Trinajstić information content (AvgIpc) is 2.82. The smallest absolute Gasteiger partial charge is 0.0942 e. The van der Waals surface area contributed by atoms with Crippen LogP contribution < -0.4 is 5.32 Å². The molecule has 0 radical (unpaired) electrons. The maximum absolute atomic E-state index is 6.00. The van der Waals surface area contributed by atoms with Gasteiger partial charge in [0, 0.05) is 25.7 Å². The van der Waals surface area contributed by atoms with Crippen LogP contribution in [0, 0.1) is 5.92 Å². The van der Waals surface area contributed by atoms with E-state index in [2.05, 4.69) is 32.2 Å². The van der Waals surface area contributed by atoms with Crippen molar-refractivity contribution in [1.29, 1.82) is 0 Å². The van der Waals surface area contributed by atoms with Crippen LogP contribution in [0.5, 0.6) is 0 Å². The summed E-state index contributed by atoms with van der Waals surface area (Å²) in [5.74, 6) is 0.689. The third-order valence-electron chi connectivity index (χ3n) is 4.37. The number of nitrogens with one attached hydrogen (secondary N) is 1. The summed E-state index contributed by atoms with van der Waals surface area (Å²) >= 11 is 0. The summed E-state index contributed by atoms with van der Waals surface area (Å²) in [6.45, 7) is 10.3. The van der Waals surface area contributed by atoms with Crippen molar-refractivity contribution < 1.29 is 9.47 Å². The number of ether oxygens (including phenoxy) is 2. The zero-order chi connectivity index (χ0) is 13.7. The van der Waals surface area contributed by atoms with E-state index in [1.807, 2.05) is 0 Å². The van der Waals surface area contributed by atoms with Crippen molar-refractivity contribution >= 4 is 0 Å². The summed E-state index contributed by atoms with van der Waals surface area (Å²) in [5.41, 5.74) is 1.58. The Kier molecular flexibility index (Phi) is 5.43. The van der Waals surface area contributed by atoms with Crippen molar-refractivity contribution in [3.05, 3.63) is 11.6 Å². The fourth-order valence-corrected chi connectivity index (χ4v) is 3.12. The molecule has 0 saturated carbocycles. The van der Waals surface area contributed by atoms with E-state index in [1.165, 1.54) is 6.42 Å². The Hall–Kier alpha value is -0.380. The van der Waals surface area contributed by atoms with E-state index in [0.717, 1.165) is 45.6 Å². The van der Waals surface area contributed by atoms with Crippen LogP contribution in [0.25, 0.3) is 0 Å². The van der Waals surface area contributed by atoms with Gasteiger partial charge in [-0.3, -0.25) is 0 Å². The molecular formula is C16H29NO2. The Morgan fingerprint density at radius 2 is 2.26 bits per heavy atom. The summed E-state index contributed by atoms with van der Waals surface area (Å²) in [7, 11) is 0. The van der Waals surface area contributed by atoms with Crippen LogP contribution in [0.4, 0.5) is 0 Å². The van der Waals surface area contributed by atoms with Gasteiger partial charge in [-0.15, -0.1) is 0 Å². The van der Waals surface area contributed by atoms with E-state index in [1.54, 1.807) is 5.57 Å². The van der Waals surface area contributed by atoms with Crippen LogP contribution in [0.3, 0.4) is 0 Å². The minimum absolute atomic E-state index is 0.0359. The van der Waals surface area contributed by atoms with Gasteiger partial charge in [0.25, 0.3) is 0 Å². The van der Waals surface area contributed by atoms with Crippen LogP contribution in [0.15, 0.2) is 11.6 Å². The molecule has 2 atom stereocenters. The van der Waals surface area contributed by atoms with Crippen molar-refractivity contribution in [3.8, 4) is 0 Å². The van der Waals surface area contributed by atoms with Crippen molar-refractivity contribution in [2.45, 2.75) is 58.1 Å².